The van der Waals surface area contributed by atoms with Gasteiger partial charge in [0, 0.05) is 16.8 Å². The van der Waals surface area contributed by atoms with Crippen LogP contribution in [0.5, 0.6) is 5.75 Å². The number of hydrazone groups is 1. The molecule has 8 heteroatoms. The van der Waals surface area contributed by atoms with Crippen molar-refractivity contribution in [2.75, 3.05) is 5.75 Å². The Bertz CT molecular complexity index is 1330. The van der Waals surface area contributed by atoms with E-state index in [2.05, 4.69) is 65.8 Å². The number of hydrogen-bond donors (Lipinski definition) is 2. The lowest BCUT2D eigenvalue weighted by molar-refractivity contribution is -0.118. The molecule has 178 valence electrons. The number of phenols is 1. The highest BCUT2D eigenvalue weighted by atomic mass is 32.2. The van der Waals surface area contributed by atoms with Gasteiger partial charge in [-0.05, 0) is 35.2 Å². The maximum Gasteiger partial charge on any atom is 0.250 e. The van der Waals surface area contributed by atoms with Crippen LogP contribution in [0.15, 0.2) is 89.1 Å². The Morgan fingerprint density at radius 1 is 1.00 bits per heavy atom. The van der Waals surface area contributed by atoms with Gasteiger partial charge in [0.05, 0.1) is 12.0 Å². The fraction of sp³-hybridized carbons (Fsp3) is 0.185. The quantitative estimate of drug-likeness (QED) is 0.214. The van der Waals surface area contributed by atoms with Crippen LogP contribution >= 0.6 is 11.8 Å². The number of aromatic hydroxyl groups is 1. The standard InChI is InChI=1S/C27H27N5O2S/c1-27(2,3)21-15-13-19(14-16-21)25-30-31-26(32(25)22-10-5-4-6-11-22)35-18-24(34)29-28-17-20-9-7-8-12-23(20)33/h4-17,33H,18H2,1-3H3,(H,29,34). The number of amides is 1. The number of para-hydroxylation sites is 2. The summed E-state index contributed by atoms with van der Waals surface area (Å²) in [5, 5.41) is 23.2. The lowest BCUT2D eigenvalue weighted by atomic mass is 9.87. The number of carbonyl (C=O) groups is 1. The average Bonchev–Trinajstić information content (AvgIpc) is 3.28. The van der Waals surface area contributed by atoms with Crippen LogP contribution in [-0.2, 0) is 10.2 Å². The van der Waals surface area contributed by atoms with Gasteiger partial charge in [0.1, 0.15) is 5.75 Å². The molecule has 0 aliphatic heterocycles. The molecule has 0 saturated carbocycles. The first-order chi connectivity index (χ1) is 16.8. The molecule has 0 fully saturated rings. The monoisotopic (exact) mass is 485 g/mol. The summed E-state index contributed by atoms with van der Waals surface area (Å²) in [4.78, 5) is 12.4. The van der Waals surface area contributed by atoms with E-state index in [4.69, 9.17) is 0 Å². The molecule has 2 N–H and O–H groups in total. The molecule has 1 aromatic heterocycles. The van der Waals surface area contributed by atoms with E-state index in [1.165, 1.54) is 23.5 Å². The second kappa shape index (κ2) is 10.6. The van der Waals surface area contributed by atoms with Gasteiger partial charge in [-0.2, -0.15) is 5.10 Å². The van der Waals surface area contributed by atoms with Gasteiger partial charge in [-0.25, -0.2) is 5.43 Å². The predicted molar refractivity (Wildman–Crippen MR) is 140 cm³/mol. The number of hydrogen-bond acceptors (Lipinski definition) is 6. The molecule has 4 aromatic rings. The van der Waals surface area contributed by atoms with E-state index >= 15 is 0 Å². The Morgan fingerprint density at radius 2 is 1.69 bits per heavy atom. The Morgan fingerprint density at radius 3 is 2.37 bits per heavy atom. The highest BCUT2D eigenvalue weighted by molar-refractivity contribution is 7.99. The van der Waals surface area contributed by atoms with Crippen LogP contribution in [0, 0.1) is 0 Å². The van der Waals surface area contributed by atoms with Crippen molar-refractivity contribution in [3.05, 3.63) is 90.0 Å². The Balaban J connectivity index is 1.53. The van der Waals surface area contributed by atoms with Crippen molar-refractivity contribution in [3.63, 3.8) is 0 Å². The van der Waals surface area contributed by atoms with Crippen molar-refractivity contribution in [2.24, 2.45) is 5.10 Å². The Kier molecular flexibility index (Phi) is 7.31. The summed E-state index contributed by atoms with van der Waals surface area (Å²) >= 11 is 1.28. The molecule has 7 nitrogen and oxygen atoms in total. The summed E-state index contributed by atoms with van der Waals surface area (Å²) in [5.74, 6) is 0.614. The number of carbonyl (C=O) groups excluding carboxylic acids is 1. The van der Waals surface area contributed by atoms with Crippen LogP contribution in [0.3, 0.4) is 0 Å². The molecular weight excluding hydrogens is 458 g/mol. The minimum Gasteiger partial charge on any atom is -0.507 e. The molecule has 4 rings (SSSR count). The summed E-state index contributed by atoms with van der Waals surface area (Å²) in [5.41, 5.74) is 6.16. The molecular formula is C27H27N5O2S. The molecule has 0 bridgehead atoms. The van der Waals surface area contributed by atoms with E-state index in [0.717, 1.165) is 11.3 Å². The summed E-state index contributed by atoms with van der Waals surface area (Å²) in [6.45, 7) is 6.54. The fourth-order valence-corrected chi connectivity index (χ4v) is 4.16. The largest absolute Gasteiger partial charge is 0.507 e. The summed E-state index contributed by atoms with van der Waals surface area (Å²) in [7, 11) is 0. The normalized spacial score (nSPS) is 11.6. The first-order valence-electron chi connectivity index (χ1n) is 11.2. The van der Waals surface area contributed by atoms with E-state index < -0.39 is 0 Å². The molecule has 0 spiro atoms. The van der Waals surface area contributed by atoms with Gasteiger partial charge in [0.2, 0.25) is 0 Å². The van der Waals surface area contributed by atoms with E-state index in [1.54, 1.807) is 24.3 Å². The topological polar surface area (TPSA) is 92.4 Å². The van der Waals surface area contributed by atoms with Crippen LogP contribution in [0.1, 0.15) is 31.9 Å². The third-order valence-corrected chi connectivity index (χ3v) is 6.25. The first kappa shape index (κ1) is 24.2. The molecule has 0 aliphatic rings. The zero-order chi connectivity index (χ0) is 24.8. The number of nitrogens with one attached hydrogen (secondary N) is 1. The molecule has 0 radical (unpaired) electrons. The zero-order valence-electron chi connectivity index (χ0n) is 19.8. The number of nitrogens with zero attached hydrogens (tertiary/aromatic N) is 4. The van der Waals surface area contributed by atoms with Gasteiger partial charge in [0.25, 0.3) is 5.91 Å². The number of thioether (sulfide) groups is 1. The summed E-state index contributed by atoms with van der Waals surface area (Å²) in [6.07, 6.45) is 1.41. The maximum absolute atomic E-state index is 12.4. The van der Waals surface area contributed by atoms with Crippen molar-refractivity contribution in [2.45, 2.75) is 31.3 Å². The van der Waals surface area contributed by atoms with Gasteiger partial charge < -0.3 is 5.11 Å². The number of phenolic OH excluding ortho intramolecular Hbond substituents is 1. The van der Waals surface area contributed by atoms with Crippen LogP contribution in [0.2, 0.25) is 0 Å². The van der Waals surface area contributed by atoms with Gasteiger partial charge in [-0.1, -0.05) is 87.1 Å². The van der Waals surface area contributed by atoms with E-state index in [-0.39, 0.29) is 22.8 Å². The van der Waals surface area contributed by atoms with Crippen molar-refractivity contribution in [1.82, 2.24) is 20.2 Å². The molecule has 3 aromatic carbocycles. The molecule has 1 amide bonds. The number of aromatic nitrogens is 3. The second-order valence-electron chi connectivity index (χ2n) is 8.95. The van der Waals surface area contributed by atoms with Crippen molar-refractivity contribution < 1.29 is 9.90 Å². The number of benzene rings is 3. The van der Waals surface area contributed by atoms with Crippen molar-refractivity contribution in [1.29, 1.82) is 0 Å². The van der Waals surface area contributed by atoms with E-state index in [1.807, 2.05) is 34.9 Å². The minimum atomic E-state index is -0.291. The van der Waals surface area contributed by atoms with Crippen molar-refractivity contribution in [3.8, 4) is 22.8 Å². The third-order valence-electron chi connectivity index (χ3n) is 5.32. The minimum absolute atomic E-state index is 0.0573. The molecule has 35 heavy (non-hydrogen) atoms. The van der Waals surface area contributed by atoms with Crippen LogP contribution in [0.25, 0.3) is 17.1 Å². The summed E-state index contributed by atoms with van der Waals surface area (Å²) in [6, 6.07) is 24.9. The van der Waals surface area contributed by atoms with Crippen molar-refractivity contribution >= 4 is 23.9 Å². The molecule has 1 heterocycles. The van der Waals surface area contributed by atoms with Crippen LogP contribution < -0.4 is 5.43 Å². The highest BCUT2D eigenvalue weighted by Gasteiger charge is 2.19. The van der Waals surface area contributed by atoms with Gasteiger partial charge >= 0.3 is 0 Å². The average molecular weight is 486 g/mol. The van der Waals surface area contributed by atoms with E-state index in [0.29, 0.717) is 16.5 Å². The summed E-state index contributed by atoms with van der Waals surface area (Å²) < 4.78 is 1.95. The third kappa shape index (κ3) is 5.96. The zero-order valence-corrected chi connectivity index (χ0v) is 20.7. The lowest BCUT2D eigenvalue weighted by Crippen LogP contribution is -2.20. The van der Waals surface area contributed by atoms with Crippen LogP contribution in [-0.4, -0.2) is 37.7 Å². The first-order valence-corrected chi connectivity index (χ1v) is 12.2. The Labute approximate surface area is 208 Å². The second-order valence-corrected chi connectivity index (χ2v) is 9.89. The SMILES string of the molecule is CC(C)(C)c1ccc(-c2nnc(SCC(=O)NN=Cc3ccccc3O)n2-c2ccccc2)cc1. The highest BCUT2D eigenvalue weighted by Crippen LogP contribution is 2.30. The lowest BCUT2D eigenvalue weighted by Gasteiger charge is -2.19. The molecule has 0 atom stereocenters. The Hall–Kier alpha value is -3.91. The van der Waals surface area contributed by atoms with Gasteiger partial charge in [0.15, 0.2) is 11.0 Å². The molecule has 0 aliphatic carbocycles. The van der Waals surface area contributed by atoms with Gasteiger partial charge in [-0.15, -0.1) is 10.2 Å². The molecule has 0 saturated heterocycles. The number of rotatable bonds is 7. The smallest absolute Gasteiger partial charge is 0.250 e. The van der Waals surface area contributed by atoms with Crippen LogP contribution in [0.4, 0.5) is 0 Å². The predicted octanol–water partition coefficient (Wildman–Crippen LogP) is 5.18. The van der Waals surface area contributed by atoms with Gasteiger partial charge in [-0.3, -0.25) is 9.36 Å². The van der Waals surface area contributed by atoms with E-state index in [9.17, 15) is 9.90 Å². The maximum atomic E-state index is 12.4. The molecule has 0 unspecified atom stereocenters. The fourth-order valence-electron chi connectivity index (χ4n) is 3.41.